The van der Waals surface area contributed by atoms with Crippen LogP contribution in [0.4, 0.5) is 5.69 Å². The predicted molar refractivity (Wildman–Crippen MR) is 66.6 cm³/mol. The van der Waals surface area contributed by atoms with Gasteiger partial charge >= 0.3 is 0 Å². The molecule has 0 fully saturated rings. The molecule has 5 heteroatoms. The average Bonchev–Trinajstić information content (AvgIpc) is 2.36. The van der Waals surface area contributed by atoms with Gasteiger partial charge in [0.1, 0.15) is 6.54 Å². The number of carbonyl (C=O) groups excluding carboxylic acids is 1. The number of hydrogen-bond acceptors (Lipinski definition) is 2. The summed E-state index contributed by atoms with van der Waals surface area (Å²) in [7, 11) is 0. The molecule has 0 atom stereocenters. The van der Waals surface area contributed by atoms with E-state index in [0.717, 1.165) is 10.8 Å². The molecule has 0 aliphatic carbocycles. The maximum absolute atomic E-state index is 11.3. The smallest absolute Gasteiger partial charge is 0.230 e. The van der Waals surface area contributed by atoms with Crippen molar-refractivity contribution in [3.8, 4) is 0 Å². The number of nitrogens with one attached hydrogen (secondary N) is 1. The summed E-state index contributed by atoms with van der Waals surface area (Å²) in [5.41, 5.74) is 8.80. The van der Waals surface area contributed by atoms with E-state index in [1.165, 1.54) is 0 Å². The fraction of sp³-hybridized carbons (Fsp3) is 0.0833. The number of nitrogens with zero attached hydrogens (tertiary/aromatic N) is 3. The molecule has 0 aliphatic heterocycles. The van der Waals surface area contributed by atoms with E-state index in [2.05, 4.69) is 15.3 Å². The quantitative estimate of drug-likeness (QED) is 0.487. The largest absolute Gasteiger partial charge is 0.326 e. The van der Waals surface area contributed by atoms with Crippen LogP contribution in [-0.2, 0) is 4.79 Å². The first-order valence-corrected chi connectivity index (χ1v) is 5.09. The van der Waals surface area contributed by atoms with Crippen molar-refractivity contribution in [1.82, 2.24) is 0 Å². The first-order chi connectivity index (χ1) is 8.29. The first kappa shape index (κ1) is 11.0. The third kappa shape index (κ3) is 2.74. The Hall–Kier alpha value is -2.52. The van der Waals surface area contributed by atoms with Gasteiger partial charge in [-0.25, -0.2) is 0 Å². The van der Waals surface area contributed by atoms with Gasteiger partial charge in [-0.3, -0.25) is 4.79 Å². The number of azide groups is 1. The van der Waals surface area contributed by atoms with Gasteiger partial charge in [-0.05, 0) is 28.4 Å². The molecule has 2 aromatic carbocycles. The van der Waals surface area contributed by atoms with Crippen molar-refractivity contribution >= 4 is 22.4 Å². The minimum atomic E-state index is -0.321. The van der Waals surface area contributed by atoms with Crippen LogP contribution in [0, 0.1) is 0 Å². The summed E-state index contributed by atoms with van der Waals surface area (Å²) in [5.74, 6) is -0.321. The molecule has 0 heterocycles. The number of hydrogen-bond donors (Lipinski definition) is 1. The molecular weight excluding hydrogens is 216 g/mol. The van der Waals surface area contributed by atoms with E-state index in [9.17, 15) is 4.79 Å². The van der Waals surface area contributed by atoms with Gasteiger partial charge in [0, 0.05) is 10.6 Å². The van der Waals surface area contributed by atoms with E-state index < -0.39 is 0 Å². The Balaban J connectivity index is 2.19. The molecule has 2 rings (SSSR count). The third-order valence-corrected chi connectivity index (χ3v) is 2.31. The van der Waals surface area contributed by atoms with Crippen LogP contribution < -0.4 is 5.32 Å². The second-order valence-corrected chi connectivity index (χ2v) is 3.50. The SMILES string of the molecule is [N-]=[N+]=NCC(=O)Nc1ccc2ccccc2c1. The Bertz CT molecular complexity index is 602. The minimum absolute atomic E-state index is 0.191. The number of benzene rings is 2. The van der Waals surface area contributed by atoms with E-state index in [1.54, 1.807) is 0 Å². The van der Waals surface area contributed by atoms with Crippen molar-refractivity contribution in [2.45, 2.75) is 0 Å². The van der Waals surface area contributed by atoms with Crippen LogP contribution in [0.25, 0.3) is 21.2 Å². The second-order valence-electron chi connectivity index (χ2n) is 3.50. The molecule has 5 nitrogen and oxygen atoms in total. The molecule has 0 aliphatic rings. The lowest BCUT2D eigenvalue weighted by atomic mass is 10.1. The van der Waals surface area contributed by atoms with Crippen molar-refractivity contribution in [3.63, 3.8) is 0 Å². The zero-order valence-corrected chi connectivity index (χ0v) is 9.00. The maximum atomic E-state index is 11.3. The van der Waals surface area contributed by atoms with E-state index in [4.69, 9.17) is 5.53 Å². The van der Waals surface area contributed by atoms with Crippen LogP contribution in [0.5, 0.6) is 0 Å². The van der Waals surface area contributed by atoms with Gasteiger partial charge in [-0.2, -0.15) is 0 Å². The standard InChI is InChI=1S/C12H10N4O/c13-16-14-8-12(17)15-11-6-5-9-3-1-2-4-10(9)7-11/h1-7H,8H2,(H,15,17). The van der Waals surface area contributed by atoms with Crippen molar-refractivity contribution in [2.75, 3.05) is 11.9 Å². The molecule has 0 aromatic heterocycles. The summed E-state index contributed by atoms with van der Waals surface area (Å²) in [6.45, 7) is -0.191. The Morgan fingerprint density at radius 2 is 2.00 bits per heavy atom. The number of rotatable bonds is 3. The lowest BCUT2D eigenvalue weighted by Gasteiger charge is -2.04. The predicted octanol–water partition coefficient (Wildman–Crippen LogP) is 3.09. The maximum Gasteiger partial charge on any atom is 0.230 e. The number of carbonyl (C=O) groups is 1. The zero-order chi connectivity index (χ0) is 12.1. The highest BCUT2D eigenvalue weighted by molar-refractivity contribution is 5.95. The van der Waals surface area contributed by atoms with Gasteiger partial charge < -0.3 is 5.32 Å². The Labute approximate surface area is 97.7 Å². The van der Waals surface area contributed by atoms with E-state index in [1.807, 2.05) is 42.5 Å². The van der Waals surface area contributed by atoms with E-state index in [0.29, 0.717) is 5.69 Å². The van der Waals surface area contributed by atoms with Crippen molar-refractivity contribution in [1.29, 1.82) is 0 Å². The number of anilines is 1. The van der Waals surface area contributed by atoms with Crippen LogP contribution in [0.3, 0.4) is 0 Å². The van der Waals surface area contributed by atoms with Gasteiger partial charge in [0.15, 0.2) is 0 Å². The fourth-order valence-corrected chi connectivity index (χ4v) is 1.56. The average molecular weight is 226 g/mol. The van der Waals surface area contributed by atoms with Gasteiger partial charge in [0.25, 0.3) is 0 Å². The summed E-state index contributed by atoms with van der Waals surface area (Å²) in [5, 5.41) is 8.03. The zero-order valence-electron chi connectivity index (χ0n) is 9.00. The number of amides is 1. The molecule has 0 saturated heterocycles. The third-order valence-electron chi connectivity index (χ3n) is 2.31. The van der Waals surface area contributed by atoms with Gasteiger partial charge in [-0.15, -0.1) is 0 Å². The summed E-state index contributed by atoms with van der Waals surface area (Å²) in [6, 6.07) is 13.5. The van der Waals surface area contributed by atoms with Gasteiger partial charge in [0.05, 0.1) is 0 Å². The highest BCUT2D eigenvalue weighted by atomic mass is 16.1. The van der Waals surface area contributed by atoms with Crippen molar-refractivity contribution in [2.24, 2.45) is 5.11 Å². The second kappa shape index (κ2) is 5.01. The Morgan fingerprint density at radius 3 is 2.76 bits per heavy atom. The molecule has 0 unspecified atom stereocenters. The topological polar surface area (TPSA) is 77.9 Å². The molecule has 1 N–H and O–H groups in total. The molecule has 0 bridgehead atoms. The van der Waals surface area contributed by atoms with Crippen LogP contribution in [0.2, 0.25) is 0 Å². The molecular formula is C12H10N4O. The molecule has 0 radical (unpaired) electrons. The normalized spacial score (nSPS) is 9.65. The summed E-state index contributed by atoms with van der Waals surface area (Å²) >= 11 is 0. The van der Waals surface area contributed by atoms with Crippen molar-refractivity contribution in [3.05, 3.63) is 52.9 Å². The lowest BCUT2D eigenvalue weighted by Crippen LogP contribution is -2.14. The van der Waals surface area contributed by atoms with E-state index >= 15 is 0 Å². The highest BCUT2D eigenvalue weighted by Gasteiger charge is 2.01. The molecule has 17 heavy (non-hydrogen) atoms. The Morgan fingerprint density at radius 1 is 1.24 bits per heavy atom. The molecule has 0 saturated carbocycles. The van der Waals surface area contributed by atoms with E-state index in [-0.39, 0.29) is 12.5 Å². The van der Waals surface area contributed by atoms with Crippen LogP contribution in [-0.4, -0.2) is 12.5 Å². The molecule has 1 amide bonds. The molecule has 84 valence electrons. The number of fused-ring (bicyclic) bond motifs is 1. The van der Waals surface area contributed by atoms with Crippen molar-refractivity contribution < 1.29 is 4.79 Å². The molecule has 2 aromatic rings. The summed E-state index contributed by atoms with van der Waals surface area (Å²) in [4.78, 5) is 13.9. The highest BCUT2D eigenvalue weighted by Crippen LogP contribution is 2.18. The molecule has 0 spiro atoms. The minimum Gasteiger partial charge on any atom is -0.326 e. The summed E-state index contributed by atoms with van der Waals surface area (Å²) in [6.07, 6.45) is 0. The van der Waals surface area contributed by atoms with Crippen LogP contribution in [0.1, 0.15) is 0 Å². The monoisotopic (exact) mass is 226 g/mol. The fourth-order valence-electron chi connectivity index (χ4n) is 1.56. The first-order valence-electron chi connectivity index (χ1n) is 5.09. The van der Waals surface area contributed by atoms with Gasteiger partial charge in [-0.1, -0.05) is 35.4 Å². The van der Waals surface area contributed by atoms with Crippen LogP contribution in [0.15, 0.2) is 47.6 Å². The van der Waals surface area contributed by atoms with Gasteiger partial charge in [0.2, 0.25) is 5.91 Å². The summed E-state index contributed by atoms with van der Waals surface area (Å²) < 4.78 is 0. The van der Waals surface area contributed by atoms with Crippen LogP contribution >= 0.6 is 0 Å². The lowest BCUT2D eigenvalue weighted by molar-refractivity contribution is -0.114. The Kier molecular flexibility index (Phi) is 3.23.